The van der Waals surface area contributed by atoms with E-state index in [1.54, 1.807) is 11.3 Å². The third kappa shape index (κ3) is 3.87. The first kappa shape index (κ1) is 15.1. The summed E-state index contributed by atoms with van der Waals surface area (Å²) in [5, 5.41) is 6.78. The zero-order chi connectivity index (χ0) is 14.6. The topological polar surface area (TPSA) is 37.8 Å². The van der Waals surface area contributed by atoms with E-state index in [-0.39, 0.29) is 5.41 Å². The van der Waals surface area contributed by atoms with Crippen molar-refractivity contribution >= 4 is 11.3 Å². The minimum absolute atomic E-state index is 0.138. The third-order valence-corrected chi connectivity index (χ3v) is 4.47. The van der Waals surface area contributed by atoms with Crippen LogP contribution in [0.15, 0.2) is 23.7 Å². The fraction of sp³-hybridized carbons (Fsp3) is 0.500. The highest BCUT2D eigenvalue weighted by molar-refractivity contribution is 7.09. The van der Waals surface area contributed by atoms with E-state index in [4.69, 9.17) is 4.98 Å². The van der Waals surface area contributed by atoms with E-state index in [9.17, 15) is 0 Å². The van der Waals surface area contributed by atoms with Gasteiger partial charge in [-0.3, -0.25) is 4.98 Å². The van der Waals surface area contributed by atoms with E-state index >= 15 is 0 Å². The van der Waals surface area contributed by atoms with Gasteiger partial charge in [-0.05, 0) is 18.1 Å². The Morgan fingerprint density at radius 2 is 2.05 bits per heavy atom. The van der Waals surface area contributed by atoms with Gasteiger partial charge in [0.1, 0.15) is 0 Å². The van der Waals surface area contributed by atoms with Crippen molar-refractivity contribution in [3.8, 4) is 0 Å². The van der Waals surface area contributed by atoms with Crippen LogP contribution >= 0.6 is 11.3 Å². The fourth-order valence-electron chi connectivity index (χ4n) is 1.99. The molecule has 0 spiro atoms. The van der Waals surface area contributed by atoms with Crippen LogP contribution in [0, 0.1) is 0 Å². The summed E-state index contributed by atoms with van der Waals surface area (Å²) in [5.74, 6) is 0. The second kappa shape index (κ2) is 6.46. The molecule has 108 valence electrons. The summed E-state index contributed by atoms with van der Waals surface area (Å²) < 4.78 is 0. The number of hydrogen-bond donors (Lipinski definition) is 1. The van der Waals surface area contributed by atoms with Gasteiger partial charge >= 0.3 is 0 Å². The predicted octanol–water partition coefficient (Wildman–Crippen LogP) is 3.69. The standard InChI is InChI=1S/C16H23N3S/c1-5-12-7-6-8-18-14(12)10-17-9-13-11-20-15(19-13)16(2,3)4/h6-8,11,17H,5,9-10H2,1-4H3. The Balaban J connectivity index is 1.91. The monoisotopic (exact) mass is 289 g/mol. The maximum Gasteiger partial charge on any atom is 0.0982 e. The van der Waals surface area contributed by atoms with Gasteiger partial charge in [0.25, 0.3) is 0 Å². The molecule has 2 aromatic heterocycles. The second-order valence-corrected chi connectivity index (χ2v) is 6.82. The molecule has 0 aromatic carbocycles. The summed E-state index contributed by atoms with van der Waals surface area (Å²) in [6.45, 7) is 10.4. The van der Waals surface area contributed by atoms with Gasteiger partial charge in [-0.15, -0.1) is 11.3 Å². The second-order valence-electron chi connectivity index (χ2n) is 5.96. The average Bonchev–Trinajstić information content (AvgIpc) is 2.88. The Morgan fingerprint density at radius 1 is 1.25 bits per heavy atom. The van der Waals surface area contributed by atoms with Gasteiger partial charge in [-0.2, -0.15) is 0 Å². The molecule has 0 amide bonds. The quantitative estimate of drug-likeness (QED) is 0.912. The number of nitrogens with zero attached hydrogens (tertiary/aromatic N) is 2. The number of hydrogen-bond acceptors (Lipinski definition) is 4. The normalized spacial score (nSPS) is 11.8. The van der Waals surface area contributed by atoms with E-state index in [0.29, 0.717) is 0 Å². The van der Waals surface area contributed by atoms with Crippen LogP contribution in [0.2, 0.25) is 0 Å². The minimum Gasteiger partial charge on any atom is -0.305 e. The van der Waals surface area contributed by atoms with Crippen molar-refractivity contribution in [2.24, 2.45) is 0 Å². The van der Waals surface area contributed by atoms with Crippen molar-refractivity contribution in [1.29, 1.82) is 0 Å². The summed E-state index contributed by atoms with van der Waals surface area (Å²) in [6, 6.07) is 4.14. The minimum atomic E-state index is 0.138. The highest BCUT2D eigenvalue weighted by atomic mass is 32.1. The van der Waals surface area contributed by atoms with Crippen molar-refractivity contribution in [2.45, 2.75) is 52.6 Å². The van der Waals surface area contributed by atoms with Crippen molar-refractivity contribution in [3.63, 3.8) is 0 Å². The van der Waals surface area contributed by atoms with Crippen LogP contribution in [0.4, 0.5) is 0 Å². The van der Waals surface area contributed by atoms with Crippen molar-refractivity contribution in [3.05, 3.63) is 45.7 Å². The lowest BCUT2D eigenvalue weighted by atomic mass is 9.98. The molecule has 0 unspecified atom stereocenters. The zero-order valence-electron chi connectivity index (χ0n) is 12.7. The lowest BCUT2D eigenvalue weighted by Crippen LogP contribution is -2.16. The average molecular weight is 289 g/mol. The van der Waals surface area contributed by atoms with Crippen LogP contribution < -0.4 is 5.32 Å². The zero-order valence-corrected chi connectivity index (χ0v) is 13.5. The van der Waals surface area contributed by atoms with Crippen molar-refractivity contribution in [1.82, 2.24) is 15.3 Å². The van der Waals surface area contributed by atoms with Gasteiger partial charge < -0.3 is 5.32 Å². The van der Waals surface area contributed by atoms with Crippen molar-refractivity contribution in [2.75, 3.05) is 0 Å². The summed E-state index contributed by atoms with van der Waals surface area (Å²) >= 11 is 1.74. The molecule has 2 rings (SSSR count). The van der Waals surface area contributed by atoms with E-state index in [0.717, 1.165) is 30.9 Å². The Morgan fingerprint density at radius 3 is 2.70 bits per heavy atom. The molecule has 0 saturated carbocycles. The summed E-state index contributed by atoms with van der Waals surface area (Å²) in [7, 11) is 0. The number of aromatic nitrogens is 2. The summed E-state index contributed by atoms with van der Waals surface area (Å²) in [5.41, 5.74) is 3.71. The largest absolute Gasteiger partial charge is 0.305 e. The molecule has 0 aliphatic carbocycles. The number of nitrogens with one attached hydrogen (secondary N) is 1. The molecule has 1 N–H and O–H groups in total. The van der Waals surface area contributed by atoms with E-state index in [1.807, 2.05) is 12.3 Å². The van der Waals surface area contributed by atoms with Crippen LogP contribution in [0.25, 0.3) is 0 Å². The molecule has 0 aliphatic rings. The first-order valence-corrected chi connectivity index (χ1v) is 7.97. The van der Waals surface area contributed by atoms with E-state index in [2.05, 4.69) is 49.4 Å². The number of aryl methyl sites for hydroxylation is 1. The van der Waals surface area contributed by atoms with Gasteiger partial charge in [0.2, 0.25) is 0 Å². The van der Waals surface area contributed by atoms with E-state index < -0.39 is 0 Å². The third-order valence-electron chi connectivity index (χ3n) is 3.16. The molecule has 0 radical (unpaired) electrons. The molecule has 20 heavy (non-hydrogen) atoms. The van der Waals surface area contributed by atoms with Crippen LogP contribution in [0.5, 0.6) is 0 Å². The first-order chi connectivity index (χ1) is 9.50. The number of rotatable bonds is 5. The molecule has 0 bridgehead atoms. The lowest BCUT2D eigenvalue weighted by molar-refractivity contribution is 0.579. The molecule has 0 atom stereocenters. The first-order valence-electron chi connectivity index (χ1n) is 7.09. The van der Waals surface area contributed by atoms with Gasteiger partial charge in [-0.1, -0.05) is 33.8 Å². The SMILES string of the molecule is CCc1cccnc1CNCc1csc(C(C)(C)C)n1. The molecule has 2 heterocycles. The number of pyridine rings is 1. The molecule has 0 aliphatic heterocycles. The number of thiazole rings is 1. The van der Waals surface area contributed by atoms with Crippen LogP contribution in [0.1, 0.15) is 49.7 Å². The molecular weight excluding hydrogens is 266 g/mol. The van der Waals surface area contributed by atoms with Gasteiger partial charge in [0.15, 0.2) is 0 Å². The Hall–Kier alpha value is -1.26. The van der Waals surface area contributed by atoms with Crippen molar-refractivity contribution < 1.29 is 0 Å². The Bertz CT molecular complexity index is 555. The van der Waals surface area contributed by atoms with Gasteiger partial charge in [0.05, 0.1) is 16.4 Å². The Labute approximate surface area is 125 Å². The molecule has 0 fully saturated rings. The predicted molar refractivity (Wildman–Crippen MR) is 85.0 cm³/mol. The van der Waals surface area contributed by atoms with Gasteiger partial charge in [0, 0.05) is 30.1 Å². The van der Waals surface area contributed by atoms with Gasteiger partial charge in [-0.25, -0.2) is 4.98 Å². The highest BCUT2D eigenvalue weighted by Gasteiger charge is 2.17. The maximum atomic E-state index is 4.69. The van der Waals surface area contributed by atoms with Crippen LogP contribution in [-0.2, 0) is 24.9 Å². The fourth-order valence-corrected chi connectivity index (χ4v) is 2.90. The van der Waals surface area contributed by atoms with Crippen LogP contribution in [0.3, 0.4) is 0 Å². The smallest absolute Gasteiger partial charge is 0.0982 e. The summed E-state index contributed by atoms with van der Waals surface area (Å²) in [6.07, 6.45) is 2.88. The molecule has 3 nitrogen and oxygen atoms in total. The molecule has 0 saturated heterocycles. The van der Waals surface area contributed by atoms with Crippen LogP contribution in [-0.4, -0.2) is 9.97 Å². The Kier molecular flexibility index (Phi) is 4.89. The molecular formula is C16H23N3S. The van der Waals surface area contributed by atoms with E-state index in [1.165, 1.54) is 10.6 Å². The highest BCUT2D eigenvalue weighted by Crippen LogP contribution is 2.25. The summed E-state index contributed by atoms with van der Waals surface area (Å²) in [4.78, 5) is 9.14. The molecule has 4 heteroatoms. The maximum absolute atomic E-state index is 4.69. The molecule has 2 aromatic rings. The lowest BCUT2D eigenvalue weighted by Gasteiger charge is -2.13.